The van der Waals surface area contributed by atoms with E-state index in [1.807, 2.05) is 11.4 Å². The number of thiophene rings is 2. The van der Waals surface area contributed by atoms with Crippen LogP contribution in [0.4, 0.5) is 10.2 Å². The molecule has 22 heavy (non-hydrogen) atoms. The van der Waals surface area contributed by atoms with Gasteiger partial charge in [0.15, 0.2) is 5.82 Å². The maximum absolute atomic E-state index is 12.6. The van der Waals surface area contributed by atoms with Crippen LogP contribution < -0.4 is 11.1 Å². The summed E-state index contributed by atoms with van der Waals surface area (Å²) >= 11 is 6.70. The summed E-state index contributed by atoms with van der Waals surface area (Å²) in [7, 11) is 0. The van der Waals surface area contributed by atoms with Crippen LogP contribution in [-0.4, -0.2) is 28.1 Å². The van der Waals surface area contributed by atoms with Gasteiger partial charge in [0.1, 0.15) is 16.9 Å². The van der Waals surface area contributed by atoms with Crippen molar-refractivity contribution in [2.24, 2.45) is 5.73 Å². The molecule has 0 aromatic carbocycles. The molecule has 0 radical (unpaired) electrons. The van der Waals surface area contributed by atoms with Crippen LogP contribution in [-0.2, 0) is 13.0 Å². The van der Waals surface area contributed by atoms with Gasteiger partial charge in [0, 0.05) is 22.2 Å². The van der Waals surface area contributed by atoms with E-state index in [0.29, 0.717) is 18.8 Å². The number of rotatable bonds is 6. The van der Waals surface area contributed by atoms with Crippen molar-refractivity contribution in [1.29, 1.82) is 0 Å². The zero-order valence-electron chi connectivity index (χ0n) is 11.4. The summed E-state index contributed by atoms with van der Waals surface area (Å²) in [6, 6.07) is 3.56. The number of anilines is 1. The van der Waals surface area contributed by atoms with Crippen LogP contribution in [0.3, 0.4) is 0 Å². The van der Waals surface area contributed by atoms with Gasteiger partial charge in [0.05, 0.1) is 11.0 Å². The first-order chi connectivity index (χ1) is 10.7. The molecule has 5 nitrogen and oxygen atoms in total. The molecule has 0 saturated heterocycles. The van der Waals surface area contributed by atoms with Crippen molar-refractivity contribution in [2.75, 3.05) is 12.0 Å². The molecular weight excluding hydrogens is 389 g/mol. The second kappa shape index (κ2) is 6.95. The molecule has 0 aliphatic carbocycles. The SMILES string of the molecule is N[C@@H](CF)Cc1sc2c(NCc3cccs3)nnnc2c1Br. The quantitative estimate of drug-likeness (QED) is 0.661. The van der Waals surface area contributed by atoms with E-state index in [-0.39, 0.29) is 0 Å². The van der Waals surface area contributed by atoms with Crippen molar-refractivity contribution in [2.45, 2.75) is 19.0 Å². The second-order valence-corrected chi connectivity index (χ2v) is 7.64. The predicted molar refractivity (Wildman–Crippen MR) is 92.2 cm³/mol. The van der Waals surface area contributed by atoms with E-state index < -0.39 is 12.7 Å². The second-order valence-electron chi connectivity index (χ2n) is 4.71. The minimum Gasteiger partial charge on any atom is -0.362 e. The highest BCUT2D eigenvalue weighted by Crippen LogP contribution is 2.37. The summed E-state index contributed by atoms with van der Waals surface area (Å²) in [6.07, 6.45) is 0.461. The Balaban J connectivity index is 1.89. The Morgan fingerprint density at radius 3 is 3.00 bits per heavy atom. The molecule has 3 aromatic heterocycles. The zero-order valence-corrected chi connectivity index (χ0v) is 14.6. The largest absolute Gasteiger partial charge is 0.362 e. The number of fused-ring (bicyclic) bond motifs is 1. The maximum atomic E-state index is 12.6. The molecule has 3 aromatic rings. The number of nitrogens with one attached hydrogen (secondary N) is 1. The predicted octanol–water partition coefficient (Wildman–Crippen LogP) is 3.36. The van der Waals surface area contributed by atoms with Crippen molar-refractivity contribution in [3.63, 3.8) is 0 Å². The molecule has 116 valence electrons. The molecule has 1 atom stereocenters. The molecule has 0 fully saturated rings. The number of nitrogens with zero attached hydrogens (tertiary/aromatic N) is 3. The summed E-state index contributed by atoms with van der Waals surface area (Å²) in [4.78, 5) is 2.17. The van der Waals surface area contributed by atoms with Crippen LogP contribution >= 0.6 is 38.6 Å². The number of nitrogens with two attached hydrogens (primary N) is 1. The van der Waals surface area contributed by atoms with Gasteiger partial charge in [-0.2, -0.15) is 0 Å². The first kappa shape index (κ1) is 15.7. The molecule has 9 heteroatoms. The Morgan fingerprint density at radius 1 is 1.41 bits per heavy atom. The van der Waals surface area contributed by atoms with Crippen LogP contribution in [0.25, 0.3) is 10.2 Å². The topological polar surface area (TPSA) is 76.7 Å². The summed E-state index contributed by atoms with van der Waals surface area (Å²) in [5, 5.41) is 17.3. The minimum atomic E-state index is -0.548. The van der Waals surface area contributed by atoms with E-state index in [1.54, 1.807) is 11.3 Å². The highest BCUT2D eigenvalue weighted by Gasteiger charge is 2.17. The highest BCUT2D eigenvalue weighted by atomic mass is 79.9. The van der Waals surface area contributed by atoms with E-state index in [9.17, 15) is 4.39 Å². The van der Waals surface area contributed by atoms with Crippen molar-refractivity contribution in [3.05, 3.63) is 31.7 Å². The van der Waals surface area contributed by atoms with Crippen LogP contribution in [0.15, 0.2) is 22.0 Å². The molecule has 0 amide bonds. The van der Waals surface area contributed by atoms with E-state index in [4.69, 9.17) is 5.73 Å². The number of hydrogen-bond acceptors (Lipinski definition) is 7. The molecule has 0 aliphatic heterocycles. The Labute approximate surface area is 142 Å². The fraction of sp³-hybridized carbons (Fsp3) is 0.308. The van der Waals surface area contributed by atoms with Gasteiger partial charge in [-0.1, -0.05) is 6.07 Å². The average molecular weight is 402 g/mol. The number of hydrogen-bond donors (Lipinski definition) is 2. The number of aromatic nitrogens is 3. The summed E-state index contributed by atoms with van der Waals surface area (Å²) in [6.45, 7) is 0.133. The number of halogens is 2. The van der Waals surface area contributed by atoms with Crippen LogP contribution in [0.2, 0.25) is 0 Å². The standard InChI is InChI=1S/C13H13BrFN5S2/c14-10-9(4-7(16)5-15)22-12-11(10)18-20-19-13(12)17-6-8-2-1-3-21-8/h1-3,7H,4-6,16H2,(H,17,18,19)/t7-/m1/s1. The van der Waals surface area contributed by atoms with Crippen LogP contribution in [0.1, 0.15) is 9.75 Å². The van der Waals surface area contributed by atoms with E-state index >= 15 is 0 Å². The van der Waals surface area contributed by atoms with Gasteiger partial charge >= 0.3 is 0 Å². The third kappa shape index (κ3) is 3.27. The Morgan fingerprint density at radius 2 is 2.27 bits per heavy atom. The lowest BCUT2D eigenvalue weighted by atomic mass is 10.2. The van der Waals surface area contributed by atoms with Crippen molar-refractivity contribution >= 4 is 54.6 Å². The molecule has 0 bridgehead atoms. The molecule has 0 unspecified atom stereocenters. The normalized spacial score (nSPS) is 12.7. The van der Waals surface area contributed by atoms with Gasteiger partial charge in [-0.25, -0.2) is 4.39 Å². The minimum absolute atomic E-state index is 0.461. The van der Waals surface area contributed by atoms with Gasteiger partial charge < -0.3 is 11.1 Å². The Hall–Kier alpha value is -1.16. The smallest absolute Gasteiger partial charge is 0.170 e. The van der Waals surface area contributed by atoms with Crippen molar-refractivity contribution < 1.29 is 4.39 Å². The fourth-order valence-corrected chi connectivity index (χ4v) is 4.62. The van der Waals surface area contributed by atoms with Gasteiger partial charge in [-0.05, 0) is 32.6 Å². The first-order valence-corrected chi connectivity index (χ1v) is 9.06. The van der Waals surface area contributed by atoms with Gasteiger partial charge in [-0.3, -0.25) is 0 Å². The molecular formula is C13H13BrFN5S2. The zero-order chi connectivity index (χ0) is 15.5. The first-order valence-electron chi connectivity index (χ1n) is 6.57. The van der Waals surface area contributed by atoms with Gasteiger partial charge in [0.2, 0.25) is 0 Å². The lowest BCUT2D eigenvalue weighted by Crippen LogP contribution is -2.24. The lowest BCUT2D eigenvalue weighted by molar-refractivity contribution is 0.428. The molecule has 0 saturated carbocycles. The molecule has 0 aliphatic rings. The Bertz CT molecular complexity index is 761. The van der Waals surface area contributed by atoms with E-state index in [0.717, 1.165) is 19.6 Å². The highest BCUT2D eigenvalue weighted by molar-refractivity contribution is 9.10. The van der Waals surface area contributed by atoms with Crippen molar-refractivity contribution in [1.82, 2.24) is 15.4 Å². The molecule has 3 heterocycles. The third-order valence-electron chi connectivity index (χ3n) is 3.05. The van der Waals surface area contributed by atoms with Crippen LogP contribution in [0.5, 0.6) is 0 Å². The van der Waals surface area contributed by atoms with E-state index in [1.165, 1.54) is 16.2 Å². The van der Waals surface area contributed by atoms with Gasteiger partial charge in [-0.15, -0.1) is 32.9 Å². The summed E-state index contributed by atoms with van der Waals surface area (Å²) in [5.41, 5.74) is 6.43. The van der Waals surface area contributed by atoms with Gasteiger partial charge in [0.25, 0.3) is 0 Å². The summed E-state index contributed by atoms with van der Waals surface area (Å²) < 4.78 is 14.4. The third-order valence-corrected chi connectivity index (χ3v) is 6.25. The monoisotopic (exact) mass is 401 g/mol. The van der Waals surface area contributed by atoms with Crippen molar-refractivity contribution in [3.8, 4) is 0 Å². The number of alkyl halides is 1. The fourth-order valence-electron chi connectivity index (χ4n) is 1.98. The van der Waals surface area contributed by atoms with E-state index in [2.05, 4.69) is 42.7 Å². The average Bonchev–Trinajstić information content (AvgIpc) is 3.15. The lowest BCUT2D eigenvalue weighted by Gasteiger charge is -2.04. The summed E-state index contributed by atoms with van der Waals surface area (Å²) in [5.74, 6) is 0.684. The molecule has 0 spiro atoms. The van der Waals surface area contributed by atoms with Crippen LogP contribution in [0, 0.1) is 0 Å². The molecule has 3 rings (SSSR count). The molecule has 3 N–H and O–H groups in total. The Kier molecular flexibility index (Phi) is 4.97. The maximum Gasteiger partial charge on any atom is 0.170 e.